The summed E-state index contributed by atoms with van der Waals surface area (Å²) in [5, 5.41) is 0. The first kappa shape index (κ1) is 15.4. The summed E-state index contributed by atoms with van der Waals surface area (Å²) < 4.78 is 12.4. The zero-order valence-electron chi connectivity index (χ0n) is 13.1. The SMILES string of the molecule is COc1cc(C2=C(C(C)(C)C)C(C)(C)CO2)ccc1Br. The summed E-state index contributed by atoms with van der Waals surface area (Å²) in [6.45, 7) is 12.0. The maximum absolute atomic E-state index is 6.04. The van der Waals surface area contributed by atoms with Crippen LogP contribution in [0.4, 0.5) is 0 Å². The van der Waals surface area contributed by atoms with Crippen LogP contribution in [0.1, 0.15) is 40.2 Å². The van der Waals surface area contributed by atoms with Crippen molar-refractivity contribution in [2.45, 2.75) is 34.6 Å². The molecule has 0 fully saturated rings. The van der Waals surface area contributed by atoms with Crippen molar-refractivity contribution in [3.8, 4) is 5.75 Å². The number of rotatable bonds is 2. The molecule has 1 aliphatic rings. The van der Waals surface area contributed by atoms with Gasteiger partial charge < -0.3 is 9.47 Å². The quantitative estimate of drug-likeness (QED) is 0.731. The van der Waals surface area contributed by atoms with E-state index in [4.69, 9.17) is 9.47 Å². The molecule has 1 heterocycles. The Morgan fingerprint density at radius 1 is 1.25 bits per heavy atom. The molecule has 0 atom stereocenters. The Hall–Kier alpha value is -0.960. The molecular weight excluding hydrogens is 316 g/mol. The van der Waals surface area contributed by atoms with Gasteiger partial charge in [0.05, 0.1) is 18.2 Å². The lowest BCUT2D eigenvalue weighted by Crippen LogP contribution is -2.24. The van der Waals surface area contributed by atoms with Crippen LogP contribution >= 0.6 is 15.9 Å². The molecule has 0 saturated carbocycles. The van der Waals surface area contributed by atoms with Crippen molar-refractivity contribution in [3.05, 3.63) is 33.8 Å². The van der Waals surface area contributed by atoms with E-state index in [0.717, 1.165) is 28.2 Å². The van der Waals surface area contributed by atoms with Crippen LogP contribution < -0.4 is 4.74 Å². The third kappa shape index (κ3) is 2.73. The highest BCUT2D eigenvalue weighted by Gasteiger charge is 2.41. The van der Waals surface area contributed by atoms with Gasteiger partial charge in [-0.2, -0.15) is 0 Å². The maximum Gasteiger partial charge on any atom is 0.133 e. The summed E-state index contributed by atoms with van der Waals surface area (Å²) in [5.74, 6) is 1.84. The van der Waals surface area contributed by atoms with Crippen LogP contribution in [-0.2, 0) is 4.74 Å². The van der Waals surface area contributed by atoms with Gasteiger partial charge in [0.1, 0.15) is 11.5 Å². The molecule has 0 spiro atoms. The van der Waals surface area contributed by atoms with Crippen molar-refractivity contribution in [1.29, 1.82) is 0 Å². The lowest BCUT2D eigenvalue weighted by atomic mass is 9.71. The van der Waals surface area contributed by atoms with E-state index in [0.29, 0.717) is 0 Å². The average Bonchev–Trinajstić information content (AvgIpc) is 2.65. The van der Waals surface area contributed by atoms with Crippen LogP contribution in [0.25, 0.3) is 5.76 Å². The Morgan fingerprint density at radius 3 is 2.45 bits per heavy atom. The van der Waals surface area contributed by atoms with Gasteiger partial charge in [-0.25, -0.2) is 0 Å². The van der Waals surface area contributed by atoms with Gasteiger partial charge in [0.15, 0.2) is 0 Å². The molecule has 0 unspecified atom stereocenters. The second-order valence-corrected chi connectivity index (χ2v) is 7.83. The zero-order chi connectivity index (χ0) is 15.1. The highest BCUT2D eigenvalue weighted by Crippen LogP contribution is 2.49. The summed E-state index contributed by atoms with van der Waals surface area (Å²) in [6.07, 6.45) is 0. The molecule has 0 bridgehead atoms. The first-order valence-electron chi connectivity index (χ1n) is 6.89. The number of benzene rings is 1. The predicted molar refractivity (Wildman–Crippen MR) is 86.8 cm³/mol. The Morgan fingerprint density at radius 2 is 1.90 bits per heavy atom. The fraction of sp³-hybridized carbons (Fsp3) is 0.529. The smallest absolute Gasteiger partial charge is 0.133 e. The Labute approximate surface area is 130 Å². The first-order chi connectivity index (χ1) is 9.16. The molecule has 2 nitrogen and oxygen atoms in total. The topological polar surface area (TPSA) is 18.5 Å². The van der Waals surface area contributed by atoms with E-state index in [1.165, 1.54) is 5.57 Å². The number of methoxy groups -OCH3 is 1. The molecule has 0 radical (unpaired) electrons. The molecule has 0 aliphatic carbocycles. The van der Waals surface area contributed by atoms with Crippen molar-refractivity contribution in [3.63, 3.8) is 0 Å². The van der Waals surface area contributed by atoms with E-state index in [1.807, 2.05) is 12.1 Å². The van der Waals surface area contributed by atoms with Crippen LogP contribution in [0.2, 0.25) is 0 Å². The van der Waals surface area contributed by atoms with Gasteiger partial charge >= 0.3 is 0 Å². The summed E-state index contributed by atoms with van der Waals surface area (Å²) in [6, 6.07) is 6.12. The van der Waals surface area contributed by atoms with Crippen molar-refractivity contribution < 1.29 is 9.47 Å². The molecule has 0 N–H and O–H groups in total. The lowest BCUT2D eigenvalue weighted by molar-refractivity contribution is 0.213. The van der Waals surface area contributed by atoms with E-state index in [2.05, 4.69) is 56.6 Å². The van der Waals surface area contributed by atoms with Gasteiger partial charge in [-0.1, -0.05) is 34.6 Å². The van der Waals surface area contributed by atoms with Gasteiger partial charge in [0.2, 0.25) is 0 Å². The van der Waals surface area contributed by atoms with Gasteiger partial charge in [-0.15, -0.1) is 0 Å². The molecule has 0 saturated heterocycles. The molecule has 0 aromatic heterocycles. The van der Waals surface area contributed by atoms with E-state index in [1.54, 1.807) is 7.11 Å². The molecule has 20 heavy (non-hydrogen) atoms. The third-order valence-corrected chi connectivity index (χ3v) is 4.30. The lowest BCUT2D eigenvalue weighted by Gasteiger charge is -2.30. The number of ether oxygens (including phenoxy) is 2. The molecule has 1 aromatic carbocycles. The van der Waals surface area contributed by atoms with Gasteiger partial charge in [0, 0.05) is 11.0 Å². The van der Waals surface area contributed by atoms with E-state index in [9.17, 15) is 0 Å². The molecule has 1 aromatic rings. The summed E-state index contributed by atoms with van der Waals surface area (Å²) in [5.41, 5.74) is 2.60. The molecule has 1 aliphatic heterocycles. The maximum atomic E-state index is 6.04. The van der Waals surface area contributed by atoms with Crippen molar-refractivity contribution in [2.24, 2.45) is 10.8 Å². The van der Waals surface area contributed by atoms with Crippen LogP contribution in [0.5, 0.6) is 5.75 Å². The Kier molecular flexibility index (Phi) is 3.94. The molecule has 3 heteroatoms. The number of halogens is 1. The van der Waals surface area contributed by atoms with Gasteiger partial charge in [0.25, 0.3) is 0 Å². The Balaban J connectivity index is 2.60. The molecular formula is C17H23BrO2. The van der Waals surface area contributed by atoms with Crippen LogP contribution in [0.3, 0.4) is 0 Å². The summed E-state index contributed by atoms with van der Waals surface area (Å²) in [4.78, 5) is 0. The fourth-order valence-corrected chi connectivity index (χ4v) is 3.50. The largest absolute Gasteiger partial charge is 0.496 e. The highest BCUT2D eigenvalue weighted by molar-refractivity contribution is 9.10. The Bertz CT molecular complexity index is 551. The van der Waals surface area contributed by atoms with Gasteiger partial charge in [-0.3, -0.25) is 0 Å². The van der Waals surface area contributed by atoms with Crippen LogP contribution in [0, 0.1) is 10.8 Å². The highest BCUT2D eigenvalue weighted by atomic mass is 79.9. The van der Waals surface area contributed by atoms with Crippen LogP contribution in [-0.4, -0.2) is 13.7 Å². The molecule has 0 amide bonds. The molecule has 2 rings (SSSR count). The van der Waals surface area contributed by atoms with Crippen LogP contribution in [0.15, 0.2) is 28.2 Å². The standard InChI is InChI=1S/C17H23BrO2/c1-16(2,3)15-14(20-10-17(15,4)5)11-7-8-12(18)13(9-11)19-6/h7-9H,10H2,1-6H3. The normalized spacial score (nSPS) is 18.1. The van der Waals surface area contributed by atoms with Crippen molar-refractivity contribution in [1.82, 2.24) is 0 Å². The summed E-state index contributed by atoms with van der Waals surface area (Å²) in [7, 11) is 1.68. The van der Waals surface area contributed by atoms with Gasteiger partial charge in [-0.05, 0) is 45.1 Å². The predicted octanol–water partition coefficient (Wildman–Crippen LogP) is 5.27. The first-order valence-corrected chi connectivity index (χ1v) is 7.68. The number of hydrogen-bond acceptors (Lipinski definition) is 2. The average molecular weight is 339 g/mol. The second kappa shape index (κ2) is 5.10. The second-order valence-electron chi connectivity index (χ2n) is 6.98. The third-order valence-electron chi connectivity index (χ3n) is 3.64. The minimum Gasteiger partial charge on any atom is -0.496 e. The van der Waals surface area contributed by atoms with Crippen molar-refractivity contribution >= 4 is 21.7 Å². The minimum absolute atomic E-state index is 0.0634. The fourth-order valence-electron chi connectivity index (χ4n) is 3.09. The van der Waals surface area contributed by atoms with Crippen molar-refractivity contribution in [2.75, 3.05) is 13.7 Å². The monoisotopic (exact) mass is 338 g/mol. The van der Waals surface area contributed by atoms with E-state index < -0.39 is 0 Å². The molecule has 110 valence electrons. The minimum atomic E-state index is 0.0634. The summed E-state index contributed by atoms with van der Waals surface area (Å²) >= 11 is 3.49. The van der Waals surface area contributed by atoms with E-state index >= 15 is 0 Å². The zero-order valence-corrected chi connectivity index (χ0v) is 14.7. The van der Waals surface area contributed by atoms with E-state index in [-0.39, 0.29) is 10.8 Å². The number of hydrogen-bond donors (Lipinski definition) is 0.